The van der Waals surface area contributed by atoms with Gasteiger partial charge in [-0.25, -0.2) is 4.98 Å². The van der Waals surface area contributed by atoms with Crippen LogP contribution in [0.3, 0.4) is 0 Å². The molecule has 1 aromatic carbocycles. The molecule has 0 atom stereocenters. The summed E-state index contributed by atoms with van der Waals surface area (Å²) < 4.78 is 8.60. The molecule has 0 radical (unpaired) electrons. The number of fused-ring (bicyclic) bond motifs is 2. The molecule has 0 bridgehead atoms. The highest BCUT2D eigenvalue weighted by Crippen LogP contribution is 2.38. The van der Waals surface area contributed by atoms with Gasteiger partial charge in [-0.2, -0.15) is 0 Å². The quantitative estimate of drug-likeness (QED) is 0.289. The van der Waals surface area contributed by atoms with Crippen LogP contribution in [0.2, 0.25) is 18.1 Å². The van der Waals surface area contributed by atoms with Crippen LogP contribution in [-0.2, 0) is 17.7 Å². The van der Waals surface area contributed by atoms with Crippen molar-refractivity contribution in [3.8, 4) is 11.3 Å². The lowest BCUT2D eigenvalue weighted by Gasteiger charge is -2.36. The molecule has 4 heterocycles. The fourth-order valence-corrected chi connectivity index (χ4v) is 5.47. The van der Waals surface area contributed by atoms with Gasteiger partial charge in [-0.1, -0.05) is 39.0 Å². The zero-order valence-corrected chi connectivity index (χ0v) is 21.7. The number of hydrogen-bond acceptors (Lipinski definition) is 5. The summed E-state index contributed by atoms with van der Waals surface area (Å²) in [5.41, 5.74) is 4.18. The molecule has 1 aliphatic heterocycles. The summed E-state index contributed by atoms with van der Waals surface area (Å²) in [7, 11) is -1.75. The van der Waals surface area contributed by atoms with Crippen LogP contribution in [0.1, 0.15) is 31.5 Å². The maximum absolute atomic E-state index is 6.41. The number of anilines is 1. The van der Waals surface area contributed by atoms with Gasteiger partial charge < -0.3 is 13.9 Å². The highest BCUT2D eigenvalue weighted by atomic mass is 32.1. The van der Waals surface area contributed by atoms with Crippen LogP contribution in [0.5, 0.6) is 0 Å². The maximum Gasteiger partial charge on any atom is 0.192 e. The molecule has 7 heteroatoms. The summed E-state index contributed by atoms with van der Waals surface area (Å²) in [6.07, 6.45) is 8.22. The normalized spacial score (nSPS) is 14.2. The molecule has 0 unspecified atom stereocenters. The van der Waals surface area contributed by atoms with E-state index >= 15 is 0 Å². The first kappa shape index (κ1) is 22.1. The van der Waals surface area contributed by atoms with E-state index in [-0.39, 0.29) is 5.04 Å². The number of imidazole rings is 1. The second kappa shape index (κ2) is 8.24. The minimum atomic E-state index is -1.75. The van der Waals surface area contributed by atoms with Crippen molar-refractivity contribution in [1.29, 1.82) is 0 Å². The van der Waals surface area contributed by atoms with Crippen molar-refractivity contribution in [2.24, 2.45) is 0 Å². The Morgan fingerprint density at radius 2 is 1.97 bits per heavy atom. The van der Waals surface area contributed by atoms with Gasteiger partial charge in [0.2, 0.25) is 0 Å². The van der Waals surface area contributed by atoms with Crippen LogP contribution in [-0.4, -0.2) is 22.9 Å². The number of benzene rings is 1. The van der Waals surface area contributed by atoms with Gasteiger partial charge in [0.1, 0.15) is 12.5 Å². The van der Waals surface area contributed by atoms with Crippen molar-refractivity contribution < 1.29 is 4.43 Å². The summed E-state index contributed by atoms with van der Waals surface area (Å²) in [5.74, 6) is 0.964. The number of pyridine rings is 1. The molecule has 0 spiro atoms. The molecule has 33 heavy (non-hydrogen) atoms. The van der Waals surface area contributed by atoms with Crippen LogP contribution in [0.4, 0.5) is 5.69 Å². The van der Waals surface area contributed by atoms with Gasteiger partial charge in [0, 0.05) is 39.8 Å². The van der Waals surface area contributed by atoms with Crippen LogP contribution >= 0.6 is 11.3 Å². The summed E-state index contributed by atoms with van der Waals surface area (Å²) in [5, 5.41) is 3.56. The molecule has 0 aliphatic carbocycles. The van der Waals surface area contributed by atoms with Gasteiger partial charge in [-0.05, 0) is 42.4 Å². The van der Waals surface area contributed by atoms with E-state index in [0.717, 1.165) is 34.7 Å². The van der Waals surface area contributed by atoms with Crippen LogP contribution in [0.15, 0.2) is 60.4 Å². The smallest absolute Gasteiger partial charge is 0.192 e. The summed E-state index contributed by atoms with van der Waals surface area (Å²) >= 11 is 1.77. The van der Waals surface area contributed by atoms with Crippen molar-refractivity contribution in [2.45, 2.75) is 52.2 Å². The molecule has 3 aromatic heterocycles. The molecule has 1 aliphatic rings. The van der Waals surface area contributed by atoms with Crippen molar-refractivity contribution in [2.75, 3.05) is 4.90 Å². The molecule has 0 saturated carbocycles. The lowest BCUT2D eigenvalue weighted by Crippen LogP contribution is -2.40. The fourth-order valence-electron chi connectivity index (χ4n) is 3.63. The van der Waals surface area contributed by atoms with E-state index in [2.05, 4.69) is 90.4 Å². The average molecular weight is 475 g/mol. The Balaban J connectivity index is 1.30. The topological polar surface area (TPSA) is 43.2 Å². The first-order valence-corrected chi connectivity index (χ1v) is 15.1. The Bertz CT molecular complexity index is 1330. The third kappa shape index (κ3) is 4.40. The lowest BCUT2D eigenvalue weighted by molar-refractivity contribution is 0.279. The van der Waals surface area contributed by atoms with E-state index in [1.807, 2.05) is 24.4 Å². The van der Waals surface area contributed by atoms with E-state index in [0.29, 0.717) is 6.61 Å². The molecule has 0 fully saturated rings. The molecule has 5 rings (SSSR count). The number of rotatable bonds is 5. The van der Waals surface area contributed by atoms with E-state index in [9.17, 15) is 0 Å². The van der Waals surface area contributed by atoms with Gasteiger partial charge in [0.25, 0.3) is 0 Å². The minimum Gasteiger partial charge on any atom is -0.412 e. The molecule has 170 valence electrons. The van der Waals surface area contributed by atoms with Crippen molar-refractivity contribution >= 4 is 42.3 Å². The predicted octanol–water partition coefficient (Wildman–Crippen LogP) is 7.13. The third-order valence-electron chi connectivity index (χ3n) is 6.75. The molecule has 0 N–H and O–H groups in total. The number of para-hydroxylation sites is 1. The summed E-state index contributed by atoms with van der Waals surface area (Å²) in [6, 6.07) is 12.6. The number of aromatic nitrogens is 3. The summed E-state index contributed by atoms with van der Waals surface area (Å²) in [6.45, 7) is 12.9. The zero-order chi connectivity index (χ0) is 23.2. The molecule has 0 saturated heterocycles. The monoisotopic (exact) mass is 474 g/mol. The van der Waals surface area contributed by atoms with Crippen molar-refractivity contribution in [3.63, 3.8) is 0 Å². The Morgan fingerprint density at radius 3 is 2.79 bits per heavy atom. The first-order chi connectivity index (χ1) is 15.7. The van der Waals surface area contributed by atoms with E-state index in [1.54, 1.807) is 11.3 Å². The number of hydrogen-bond donors (Lipinski definition) is 0. The van der Waals surface area contributed by atoms with Crippen molar-refractivity contribution in [3.05, 3.63) is 71.1 Å². The highest BCUT2D eigenvalue weighted by molar-refractivity contribution is 7.10. The Morgan fingerprint density at radius 1 is 1.15 bits per heavy atom. The Kier molecular flexibility index (Phi) is 5.51. The standard InChI is InChI=1S/C26H30N4OSSi/c1-26(2,3)33(4,5)31-16-22-13-21(17-32-22)29-11-10-25-28-24(15-30(25)18-29)20-12-19-8-6-7-9-23(19)27-14-20/h6-15,17H,16,18H2,1-5H3. The fraction of sp³-hybridized carbons (Fsp3) is 0.308. The zero-order valence-electron chi connectivity index (χ0n) is 19.9. The molecule has 0 amide bonds. The third-order valence-corrected chi connectivity index (χ3v) is 12.1. The molecular weight excluding hydrogens is 444 g/mol. The first-order valence-electron chi connectivity index (χ1n) is 11.3. The molecule has 4 aromatic rings. The summed E-state index contributed by atoms with van der Waals surface area (Å²) in [4.78, 5) is 13.0. The Hall–Kier alpha value is -2.74. The van der Waals surface area contributed by atoms with Crippen LogP contribution in [0, 0.1) is 0 Å². The minimum absolute atomic E-state index is 0.221. The maximum atomic E-state index is 6.41. The molecular formula is C26H30N4OSSi. The second-order valence-electron chi connectivity index (χ2n) is 10.1. The lowest BCUT2D eigenvalue weighted by atomic mass is 10.1. The second-order valence-corrected chi connectivity index (χ2v) is 15.9. The van der Waals surface area contributed by atoms with Gasteiger partial charge in [-0.3, -0.25) is 4.98 Å². The highest BCUT2D eigenvalue weighted by Gasteiger charge is 2.37. The van der Waals surface area contributed by atoms with Crippen molar-refractivity contribution in [1.82, 2.24) is 14.5 Å². The van der Waals surface area contributed by atoms with Crippen LogP contribution in [0.25, 0.3) is 28.2 Å². The average Bonchev–Trinajstić information content (AvgIpc) is 3.43. The van der Waals surface area contributed by atoms with E-state index in [4.69, 9.17) is 9.41 Å². The molecule has 5 nitrogen and oxygen atoms in total. The SMILES string of the molecule is CC(C)(C)[Si](C)(C)OCc1cc(N2C=Cc3nc(-c4cnc5ccccc5c4)cn3C2)cs1. The largest absolute Gasteiger partial charge is 0.412 e. The predicted molar refractivity (Wildman–Crippen MR) is 141 cm³/mol. The Labute approximate surface area is 200 Å². The van der Waals surface area contributed by atoms with Gasteiger partial charge >= 0.3 is 0 Å². The van der Waals surface area contributed by atoms with E-state index < -0.39 is 8.32 Å². The number of nitrogens with zero attached hydrogens (tertiary/aromatic N) is 4. The van der Waals surface area contributed by atoms with E-state index in [1.165, 1.54) is 10.6 Å². The van der Waals surface area contributed by atoms with Gasteiger partial charge in [0.05, 0.1) is 23.5 Å². The van der Waals surface area contributed by atoms with Gasteiger partial charge in [-0.15, -0.1) is 11.3 Å². The number of thiophene rings is 1. The van der Waals surface area contributed by atoms with Gasteiger partial charge in [0.15, 0.2) is 8.32 Å². The van der Waals surface area contributed by atoms with Crippen LogP contribution < -0.4 is 4.90 Å².